The largest absolute Gasteiger partial charge is 0.508 e. The second-order valence-electron chi connectivity index (χ2n) is 5.78. The van der Waals surface area contributed by atoms with Crippen molar-refractivity contribution in [3.05, 3.63) is 65.7 Å². The first kappa shape index (κ1) is 14.6. The minimum Gasteiger partial charge on any atom is -0.508 e. The molecule has 0 aliphatic carbocycles. The number of phenolic OH excluding ortho intramolecular Hbond substituents is 1. The van der Waals surface area contributed by atoms with E-state index in [2.05, 4.69) is 5.32 Å². The number of carbonyl (C=O) groups is 1. The number of amides is 1. The summed E-state index contributed by atoms with van der Waals surface area (Å²) in [5.41, 5.74) is 6.62. The second-order valence-corrected chi connectivity index (χ2v) is 5.78. The van der Waals surface area contributed by atoms with Crippen molar-refractivity contribution in [2.45, 2.75) is 11.8 Å². The van der Waals surface area contributed by atoms with Crippen LogP contribution in [0.4, 0.5) is 0 Å². The number of aromatic hydroxyl groups is 1. The van der Waals surface area contributed by atoms with Crippen molar-refractivity contribution >= 4 is 5.91 Å². The van der Waals surface area contributed by atoms with Gasteiger partial charge in [-0.1, -0.05) is 42.5 Å². The zero-order chi connectivity index (χ0) is 15.6. The summed E-state index contributed by atoms with van der Waals surface area (Å²) in [6.45, 7) is 1.60. The fraction of sp³-hybridized carbons (Fsp3) is 0.278. The van der Waals surface area contributed by atoms with Gasteiger partial charge in [-0.2, -0.15) is 0 Å². The third-order valence-electron chi connectivity index (χ3n) is 4.59. The number of primary amides is 1. The average Bonchev–Trinajstić information content (AvgIpc) is 3.03. The van der Waals surface area contributed by atoms with Crippen molar-refractivity contribution in [1.82, 2.24) is 5.32 Å². The predicted molar refractivity (Wildman–Crippen MR) is 85.5 cm³/mol. The number of carbonyl (C=O) groups excluding carboxylic acids is 1. The molecule has 0 spiro atoms. The molecule has 1 saturated heterocycles. The lowest BCUT2D eigenvalue weighted by molar-refractivity contribution is -0.123. The molecule has 0 saturated carbocycles. The van der Waals surface area contributed by atoms with Crippen LogP contribution in [0.25, 0.3) is 0 Å². The molecule has 1 amide bonds. The van der Waals surface area contributed by atoms with E-state index in [4.69, 9.17) is 5.73 Å². The van der Waals surface area contributed by atoms with Gasteiger partial charge in [-0.25, -0.2) is 0 Å². The lowest BCUT2D eigenvalue weighted by Crippen LogP contribution is -2.49. The highest BCUT2D eigenvalue weighted by molar-refractivity contribution is 5.91. The zero-order valence-corrected chi connectivity index (χ0v) is 12.3. The Kier molecular flexibility index (Phi) is 3.86. The van der Waals surface area contributed by atoms with Gasteiger partial charge in [-0.05, 0) is 48.7 Å². The number of benzene rings is 2. The Morgan fingerprint density at radius 1 is 1.14 bits per heavy atom. The topological polar surface area (TPSA) is 75.4 Å². The van der Waals surface area contributed by atoms with Crippen LogP contribution in [0.15, 0.2) is 54.6 Å². The summed E-state index contributed by atoms with van der Waals surface area (Å²) in [5.74, 6) is -0.169. The van der Waals surface area contributed by atoms with E-state index in [9.17, 15) is 9.90 Å². The molecule has 2 aromatic rings. The molecule has 0 radical (unpaired) electrons. The van der Waals surface area contributed by atoms with Gasteiger partial charge in [0, 0.05) is 0 Å². The third kappa shape index (κ3) is 2.25. The van der Waals surface area contributed by atoms with Crippen LogP contribution in [-0.4, -0.2) is 24.1 Å². The van der Waals surface area contributed by atoms with Crippen molar-refractivity contribution in [3.63, 3.8) is 0 Å². The van der Waals surface area contributed by atoms with Gasteiger partial charge in [0.1, 0.15) is 11.2 Å². The van der Waals surface area contributed by atoms with Crippen molar-refractivity contribution in [3.8, 4) is 5.75 Å². The Labute approximate surface area is 130 Å². The van der Waals surface area contributed by atoms with Gasteiger partial charge in [-0.15, -0.1) is 0 Å². The minimum absolute atomic E-state index is 0.0641. The van der Waals surface area contributed by atoms with E-state index in [1.54, 1.807) is 18.2 Å². The summed E-state index contributed by atoms with van der Waals surface area (Å²) in [6, 6.07) is 16.5. The molecule has 1 aliphatic rings. The van der Waals surface area contributed by atoms with Gasteiger partial charge in [0.15, 0.2) is 0 Å². The normalized spacial score (nSPS) is 20.5. The van der Waals surface area contributed by atoms with Gasteiger partial charge in [0.25, 0.3) is 0 Å². The maximum absolute atomic E-state index is 12.6. The molecule has 4 heteroatoms. The van der Waals surface area contributed by atoms with Gasteiger partial charge >= 0.3 is 0 Å². The smallest absolute Gasteiger partial charge is 0.232 e. The van der Waals surface area contributed by atoms with Crippen LogP contribution in [0, 0.1) is 5.92 Å². The monoisotopic (exact) mass is 296 g/mol. The van der Waals surface area contributed by atoms with E-state index in [1.807, 2.05) is 36.4 Å². The Balaban J connectivity index is 2.26. The van der Waals surface area contributed by atoms with Gasteiger partial charge in [0.2, 0.25) is 5.91 Å². The van der Waals surface area contributed by atoms with Crippen molar-refractivity contribution < 1.29 is 9.90 Å². The molecule has 1 heterocycles. The quantitative estimate of drug-likeness (QED) is 0.805. The molecule has 4 N–H and O–H groups in total. The predicted octanol–water partition coefficient (Wildman–Crippen LogP) is 1.77. The fourth-order valence-electron chi connectivity index (χ4n) is 3.60. The van der Waals surface area contributed by atoms with Crippen molar-refractivity contribution in [2.75, 3.05) is 13.1 Å². The highest BCUT2D eigenvalue weighted by Crippen LogP contribution is 2.42. The number of rotatable bonds is 4. The molecule has 0 bridgehead atoms. The molecule has 1 unspecified atom stereocenters. The van der Waals surface area contributed by atoms with Crippen LogP contribution in [0.2, 0.25) is 0 Å². The van der Waals surface area contributed by atoms with E-state index < -0.39 is 5.41 Å². The fourth-order valence-corrected chi connectivity index (χ4v) is 3.60. The molecule has 2 atom stereocenters. The van der Waals surface area contributed by atoms with E-state index >= 15 is 0 Å². The molecule has 0 aromatic heterocycles. The molecule has 114 valence electrons. The van der Waals surface area contributed by atoms with Crippen LogP contribution in [0.1, 0.15) is 17.5 Å². The summed E-state index contributed by atoms with van der Waals surface area (Å²) < 4.78 is 0. The van der Waals surface area contributed by atoms with Crippen LogP contribution < -0.4 is 11.1 Å². The van der Waals surface area contributed by atoms with Crippen LogP contribution >= 0.6 is 0 Å². The Morgan fingerprint density at radius 2 is 1.86 bits per heavy atom. The van der Waals surface area contributed by atoms with Gasteiger partial charge in [-0.3, -0.25) is 4.79 Å². The average molecular weight is 296 g/mol. The molecule has 22 heavy (non-hydrogen) atoms. The molecule has 4 nitrogen and oxygen atoms in total. The van der Waals surface area contributed by atoms with Crippen LogP contribution in [-0.2, 0) is 10.2 Å². The third-order valence-corrected chi connectivity index (χ3v) is 4.59. The highest BCUT2D eigenvalue weighted by Gasteiger charge is 2.48. The summed E-state index contributed by atoms with van der Waals surface area (Å²) >= 11 is 0. The summed E-state index contributed by atoms with van der Waals surface area (Å²) in [4.78, 5) is 12.6. The molecular weight excluding hydrogens is 276 g/mol. The summed E-state index contributed by atoms with van der Waals surface area (Å²) in [7, 11) is 0. The zero-order valence-electron chi connectivity index (χ0n) is 12.3. The van der Waals surface area contributed by atoms with E-state index in [0.717, 1.165) is 30.6 Å². The SMILES string of the molecule is NC(=O)[C@@](c1ccccc1)(c1cccc(O)c1)C1CCNC1. The first-order valence-electron chi connectivity index (χ1n) is 7.51. The van der Waals surface area contributed by atoms with Gasteiger partial charge < -0.3 is 16.2 Å². The maximum Gasteiger partial charge on any atom is 0.232 e. The second kappa shape index (κ2) is 5.81. The number of nitrogens with one attached hydrogen (secondary N) is 1. The Bertz CT molecular complexity index is 666. The number of hydrogen-bond donors (Lipinski definition) is 3. The minimum atomic E-state index is -0.927. The molecular formula is C18H20N2O2. The lowest BCUT2D eigenvalue weighted by atomic mass is 9.64. The maximum atomic E-state index is 12.6. The number of phenols is 1. The van der Waals surface area contributed by atoms with Crippen molar-refractivity contribution in [1.29, 1.82) is 0 Å². The molecule has 3 rings (SSSR count). The highest BCUT2D eigenvalue weighted by atomic mass is 16.3. The van der Waals surface area contributed by atoms with Crippen LogP contribution in [0.3, 0.4) is 0 Å². The first-order chi connectivity index (χ1) is 10.7. The number of nitrogens with two attached hydrogens (primary N) is 1. The molecule has 1 fully saturated rings. The van der Waals surface area contributed by atoms with E-state index in [1.165, 1.54) is 0 Å². The lowest BCUT2D eigenvalue weighted by Gasteiger charge is -2.37. The van der Waals surface area contributed by atoms with E-state index in [0.29, 0.717) is 0 Å². The summed E-state index contributed by atoms with van der Waals surface area (Å²) in [5, 5.41) is 13.2. The standard InChI is InChI=1S/C18H20N2O2/c19-17(22)18(15-9-10-20-12-15,13-5-2-1-3-6-13)14-7-4-8-16(21)11-14/h1-8,11,15,20-21H,9-10,12H2,(H2,19,22)/t15?,18-/m0/s1. The Hall–Kier alpha value is -2.33. The van der Waals surface area contributed by atoms with Crippen LogP contribution in [0.5, 0.6) is 5.75 Å². The summed E-state index contributed by atoms with van der Waals surface area (Å²) in [6.07, 6.45) is 0.869. The van der Waals surface area contributed by atoms with Gasteiger partial charge in [0.05, 0.1) is 0 Å². The van der Waals surface area contributed by atoms with E-state index in [-0.39, 0.29) is 17.6 Å². The Morgan fingerprint density at radius 3 is 2.45 bits per heavy atom. The molecule has 1 aliphatic heterocycles. The van der Waals surface area contributed by atoms with Crippen molar-refractivity contribution in [2.24, 2.45) is 11.7 Å². The number of hydrogen-bond acceptors (Lipinski definition) is 3. The molecule has 2 aromatic carbocycles. The first-order valence-corrected chi connectivity index (χ1v) is 7.51.